The van der Waals surface area contributed by atoms with Crippen LogP contribution in [0.1, 0.15) is 34.1 Å². The van der Waals surface area contributed by atoms with E-state index in [1.54, 1.807) is 33.8 Å². The molecule has 1 N–H and O–H groups in total. The third kappa shape index (κ3) is 7.04. The van der Waals surface area contributed by atoms with E-state index in [0.29, 0.717) is 6.54 Å². The number of hydrogen-bond acceptors (Lipinski definition) is 3. The Morgan fingerprint density at radius 1 is 1.44 bits per heavy atom. The molecule has 0 fully saturated rings. The molecule has 16 heavy (non-hydrogen) atoms. The van der Waals surface area contributed by atoms with E-state index in [0.717, 1.165) is 0 Å². The first-order valence-electron chi connectivity index (χ1n) is 5.36. The highest BCUT2D eigenvalue weighted by Crippen LogP contribution is 2.13. The number of rotatable bonds is 5. The van der Waals surface area contributed by atoms with Gasteiger partial charge in [0, 0.05) is 13.0 Å². The fraction of sp³-hybridized carbons (Fsp3) is 0.667. The van der Waals surface area contributed by atoms with Crippen LogP contribution in [0.4, 0.5) is 0 Å². The van der Waals surface area contributed by atoms with E-state index < -0.39 is 11.5 Å². The van der Waals surface area contributed by atoms with Crippen LogP contribution in [0.3, 0.4) is 0 Å². The molecule has 0 radical (unpaired) electrons. The van der Waals surface area contributed by atoms with Crippen molar-refractivity contribution in [2.75, 3.05) is 6.54 Å². The van der Waals surface area contributed by atoms with E-state index in [2.05, 4.69) is 11.9 Å². The van der Waals surface area contributed by atoms with Gasteiger partial charge in [-0.05, 0) is 20.8 Å². The lowest BCUT2D eigenvalue weighted by molar-refractivity contribution is -0.160. The second-order valence-electron chi connectivity index (χ2n) is 4.73. The Hall–Kier alpha value is -1.32. The molecule has 0 bridgehead atoms. The Morgan fingerprint density at radius 2 is 2.00 bits per heavy atom. The van der Waals surface area contributed by atoms with Crippen LogP contribution < -0.4 is 5.32 Å². The molecule has 0 spiro atoms. The zero-order valence-corrected chi connectivity index (χ0v) is 10.5. The van der Waals surface area contributed by atoms with E-state index in [9.17, 15) is 9.59 Å². The fourth-order valence-corrected chi connectivity index (χ4v) is 1.02. The van der Waals surface area contributed by atoms with Crippen LogP contribution in [0.25, 0.3) is 0 Å². The maximum atomic E-state index is 11.5. The molecule has 0 aromatic heterocycles. The van der Waals surface area contributed by atoms with Crippen molar-refractivity contribution in [1.82, 2.24) is 5.32 Å². The molecule has 0 heterocycles. The number of nitrogens with one attached hydrogen (secondary N) is 1. The van der Waals surface area contributed by atoms with Crippen LogP contribution in [-0.4, -0.2) is 24.0 Å². The number of amides is 1. The number of ether oxygens (including phenoxy) is 1. The van der Waals surface area contributed by atoms with Crippen molar-refractivity contribution < 1.29 is 14.3 Å². The summed E-state index contributed by atoms with van der Waals surface area (Å²) in [6.07, 6.45) is 1.73. The lowest BCUT2D eigenvalue weighted by Crippen LogP contribution is -2.31. The summed E-state index contributed by atoms with van der Waals surface area (Å²) in [5.41, 5.74) is -0.511. The SMILES string of the molecule is C=CCNC(=O)C[C@@H](C)C(=O)OC(C)(C)C. The molecule has 1 atom stereocenters. The van der Waals surface area contributed by atoms with E-state index in [4.69, 9.17) is 4.74 Å². The highest BCUT2D eigenvalue weighted by molar-refractivity contribution is 5.82. The van der Waals surface area contributed by atoms with Crippen LogP contribution in [0, 0.1) is 5.92 Å². The molecular weight excluding hydrogens is 206 g/mol. The van der Waals surface area contributed by atoms with Gasteiger partial charge in [-0.3, -0.25) is 9.59 Å². The Balaban J connectivity index is 4.05. The maximum absolute atomic E-state index is 11.5. The van der Waals surface area contributed by atoms with Crippen molar-refractivity contribution in [3.05, 3.63) is 12.7 Å². The fourth-order valence-electron chi connectivity index (χ4n) is 1.02. The summed E-state index contributed by atoms with van der Waals surface area (Å²) in [4.78, 5) is 22.9. The Morgan fingerprint density at radius 3 is 2.44 bits per heavy atom. The lowest BCUT2D eigenvalue weighted by atomic mass is 10.1. The second-order valence-corrected chi connectivity index (χ2v) is 4.73. The number of esters is 1. The lowest BCUT2D eigenvalue weighted by Gasteiger charge is -2.22. The average molecular weight is 227 g/mol. The van der Waals surface area contributed by atoms with Gasteiger partial charge in [-0.1, -0.05) is 13.0 Å². The van der Waals surface area contributed by atoms with Crippen LogP contribution in [0.15, 0.2) is 12.7 Å². The first kappa shape index (κ1) is 14.7. The van der Waals surface area contributed by atoms with Gasteiger partial charge in [0.2, 0.25) is 5.91 Å². The summed E-state index contributed by atoms with van der Waals surface area (Å²) in [6.45, 7) is 11.0. The molecule has 4 heteroatoms. The quantitative estimate of drug-likeness (QED) is 0.574. The van der Waals surface area contributed by atoms with Crippen LogP contribution in [-0.2, 0) is 14.3 Å². The van der Waals surface area contributed by atoms with Crippen molar-refractivity contribution in [1.29, 1.82) is 0 Å². The molecule has 0 aliphatic heterocycles. The third-order valence-corrected chi connectivity index (χ3v) is 1.74. The van der Waals surface area contributed by atoms with Gasteiger partial charge in [0.1, 0.15) is 5.60 Å². The minimum Gasteiger partial charge on any atom is -0.460 e. The predicted molar refractivity (Wildman–Crippen MR) is 62.8 cm³/mol. The molecule has 0 aromatic rings. The van der Waals surface area contributed by atoms with Gasteiger partial charge >= 0.3 is 5.97 Å². The molecule has 0 saturated carbocycles. The molecule has 0 unspecified atom stereocenters. The number of carbonyl (C=O) groups excluding carboxylic acids is 2. The first-order chi connectivity index (χ1) is 7.26. The normalized spacial score (nSPS) is 12.8. The summed E-state index contributed by atoms with van der Waals surface area (Å²) in [5, 5.41) is 2.62. The van der Waals surface area contributed by atoms with Crippen LogP contribution >= 0.6 is 0 Å². The largest absolute Gasteiger partial charge is 0.460 e. The number of hydrogen-bond donors (Lipinski definition) is 1. The van der Waals surface area contributed by atoms with Crippen molar-refractivity contribution >= 4 is 11.9 Å². The van der Waals surface area contributed by atoms with E-state index in [1.807, 2.05) is 0 Å². The first-order valence-corrected chi connectivity index (χ1v) is 5.36. The zero-order chi connectivity index (χ0) is 12.8. The Labute approximate surface area is 97.1 Å². The Bertz CT molecular complexity index is 266. The highest BCUT2D eigenvalue weighted by Gasteiger charge is 2.23. The van der Waals surface area contributed by atoms with Crippen molar-refractivity contribution in [2.24, 2.45) is 5.92 Å². The molecule has 1 amide bonds. The molecule has 4 nitrogen and oxygen atoms in total. The van der Waals surface area contributed by atoms with Gasteiger partial charge in [-0.15, -0.1) is 6.58 Å². The van der Waals surface area contributed by atoms with E-state index in [-0.39, 0.29) is 18.3 Å². The van der Waals surface area contributed by atoms with Gasteiger partial charge < -0.3 is 10.1 Å². The summed E-state index contributed by atoms with van der Waals surface area (Å²) >= 11 is 0. The van der Waals surface area contributed by atoms with Crippen molar-refractivity contribution in [2.45, 2.75) is 39.7 Å². The molecule has 0 saturated heterocycles. The van der Waals surface area contributed by atoms with Gasteiger partial charge in [0.15, 0.2) is 0 Å². The minimum atomic E-state index is -0.511. The molecule has 0 rings (SSSR count). The topological polar surface area (TPSA) is 55.4 Å². The Kier molecular flexibility index (Phi) is 5.78. The van der Waals surface area contributed by atoms with Gasteiger partial charge in [-0.25, -0.2) is 0 Å². The van der Waals surface area contributed by atoms with Crippen LogP contribution in [0.2, 0.25) is 0 Å². The monoisotopic (exact) mass is 227 g/mol. The minimum absolute atomic E-state index is 0.142. The van der Waals surface area contributed by atoms with E-state index >= 15 is 0 Å². The summed E-state index contributed by atoms with van der Waals surface area (Å²) in [6, 6.07) is 0. The smallest absolute Gasteiger partial charge is 0.309 e. The zero-order valence-electron chi connectivity index (χ0n) is 10.5. The summed E-state index contributed by atoms with van der Waals surface area (Å²) in [7, 11) is 0. The predicted octanol–water partition coefficient (Wildman–Crippen LogP) is 1.66. The molecule has 0 aliphatic carbocycles. The average Bonchev–Trinajstić information content (AvgIpc) is 2.11. The van der Waals surface area contributed by atoms with Gasteiger partial charge in [0.25, 0.3) is 0 Å². The summed E-state index contributed by atoms with van der Waals surface area (Å²) < 4.78 is 5.17. The highest BCUT2D eigenvalue weighted by atomic mass is 16.6. The third-order valence-electron chi connectivity index (χ3n) is 1.74. The van der Waals surface area contributed by atoms with Gasteiger partial charge in [-0.2, -0.15) is 0 Å². The van der Waals surface area contributed by atoms with Crippen LogP contribution in [0.5, 0.6) is 0 Å². The van der Waals surface area contributed by atoms with Crippen molar-refractivity contribution in [3.8, 4) is 0 Å². The molecule has 92 valence electrons. The standard InChI is InChI=1S/C12H21NO3/c1-6-7-13-10(14)8-9(2)11(15)16-12(3,4)5/h6,9H,1,7-8H2,2-5H3,(H,13,14)/t9-/m1/s1. The summed E-state index contributed by atoms with van der Waals surface area (Å²) in [5.74, 6) is -0.941. The van der Waals surface area contributed by atoms with Gasteiger partial charge in [0.05, 0.1) is 5.92 Å². The maximum Gasteiger partial charge on any atom is 0.309 e. The molecule has 0 aliphatic rings. The second kappa shape index (κ2) is 6.30. The number of carbonyl (C=O) groups is 2. The molecular formula is C12H21NO3. The van der Waals surface area contributed by atoms with E-state index in [1.165, 1.54) is 0 Å². The van der Waals surface area contributed by atoms with Crippen molar-refractivity contribution in [3.63, 3.8) is 0 Å². The molecule has 0 aromatic carbocycles.